The molecule has 5 nitrogen and oxygen atoms in total. The van der Waals surface area contributed by atoms with Crippen LogP contribution < -0.4 is 5.32 Å². The molecule has 0 aliphatic carbocycles. The summed E-state index contributed by atoms with van der Waals surface area (Å²) in [6.07, 6.45) is 0.103. The molecule has 0 aliphatic heterocycles. The number of rotatable bonds is 6. The summed E-state index contributed by atoms with van der Waals surface area (Å²) in [5.41, 5.74) is 2.44. The fourth-order valence-corrected chi connectivity index (χ4v) is 2.12. The van der Waals surface area contributed by atoms with Crippen molar-refractivity contribution in [3.63, 3.8) is 0 Å². The summed E-state index contributed by atoms with van der Waals surface area (Å²) in [6, 6.07) is 15.2. The lowest BCUT2D eigenvalue weighted by Gasteiger charge is -2.15. The maximum Gasteiger partial charge on any atom is 0.408 e. The van der Waals surface area contributed by atoms with Gasteiger partial charge in [0.15, 0.2) is 6.04 Å². The van der Waals surface area contributed by atoms with E-state index >= 15 is 0 Å². The molecule has 2 rings (SSSR count). The third-order valence-electron chi connectivity index (χ3n) is 3.44. The van der Waals surface area contributed by atoms with Gasteiger partial charge in [0, 0.05) is 0 Å². The average Bonchev–Trinajstić information content (AvgIpc) is 2.58. The first-order valence-electron chi connectivity index (χ1n) is 7.39. The minimum Gasteiger partial charge on any atom is -0.479 e. The van der Waals surface area contributed by atoms with Gasteiger partial charge in [-0.15, -0.1) is 0 Å². The number of nitrogens with one attached hydrogen (secondary N) is 1. The van der Waals surface area contributed by atoms with Crippen LogP contribution in [0.5, 0.6) is 0 Å². The zero-order valence-electron chi connectivity index (χ0n) is 12.9. The molecule has 0 saturated carbocycles. The van der Waals surface area contributed by atoms with E-state index in [2.05, 4.69) is 5.32 Å². The number of carboxylic acid groups (broad SMARTS) is 1. The van der Waals surface area contributed by atoms with Crippen molar-refractivity contribution in [3.8, 4) is 0 Å². The first kappa shape index (κ1) is 16.5. The van der Waals surface area contributed by atoms with Crippen molar-refractivity contribution in [2.24, 2.45) is 0 Å². The Labute approximate surface area is 134 Å². The fraction of sp³-hybridized carbons (Fsp3) is 0.222. The van der Waals surface area contributed by atoms with Crippen LogP contribution in [0.15, 0.2) is 54.6 Å². The van der Waals surface area contributed by atoms with E-state index in [0.717, 1.165) is 17.5 Å². The summed E-state index contributed by atoms with van der Waals surface area (Å²) in [4.78, 5) is 23.2. The fourth-order valence-electron chi connectivity index (χ4n) is 2.12. The molecule has 2 aromatic rings. The molecule has 1 unspecified atom stereocenters. The minimum absolute atomic E-state index is 0.0911. The summed E-state index contributed by atoms with van der Waals surface area (Å²) in [7, 11) is 0. The van der Waals surface area contributed by atoms with Crippen molar-refractivity contribution < 1.29 is 19.4 Å². The molecule has 0 fully saturated rings. The second kappa shape index (κ2) is 7.98. The number of aryl methyl sites for hydroxylation is 1. The van der Waals surface area contributed by atoms with E-state index in [1.807, 2.05) is 49.4 Å². The van der Waals surface area contributed by atoms with Crippen molar-refractivity contribution in [2.45, 2.75) is 26.0 Å². The Balaban J connectivity index is 1.98. The first-order valence-corrected chi connectivity index (χ1v) is 7.39. The largest absolute Gasteiger partial charge is 0.479 e. The Hall–Kier alpha value is -2.82. The normalized spacial score (nSPS) is 11.5. The number of carbonyl (C=O) groups excluding carboxylic acids is 1. The van der Waals surface area contributed by atoms with Gasteiger partial charge in [-0.3, -0.25) is 0 Å². The average molecular weight is 313 g/mol. The molecule has 5 heteroatoms. The van der Waals surface area contributed by atoms with Gasteiger partial charge in [-0.25, -0.2) is 9.59 Å². The van der Waals surface area contributed by atoms with Crippen molar-refractivity contribution in [1.82, 2.24) is 5.32 Å². The molecule has 0 aromatic heterocycles. The molecule has 1 amide bonds. The van der Waals surface area contributed by atoms with Crippen LogP contribution in [-0.2, 0) is 22.6 Å². The van der Waals surface area contributed by atoms with E-state index in [4.69, 9.17) is 4.74 Å². The Morgan fingerprint density at radius 1 is 1.04 bits per heavy atom. The molecule has 2 aromatic carbocycles. The number of ether oxygens (including phenoxy) is 1. The van der Waals surface area contributed by atoms with E-state index in [0.29, 0.717) is 5.56 Å². The van der Waals surface area contributed by atoms with Crippen LogP contribution in [0.3, 0.4) is 0 Å². The van der Waals surface area contributed by atoms with E-state index < -0.39 is 18.1 Å². The Morgan fingerprint density at radius 3 is 2.26 bits per heavy atom. The lowest BCUT2D eigenvalue weighted by atomic mass is 10.0. The zero-order valence-corrected chi connectivity index (χ0v) is 12.9. The van der Waals surface area contributed by atoms with E-state index in [9.17, 15) is 14.7 Å². The smallest absolute Gasteiger partial charge is 0.408 e. The van der Waals surface area contributed by atoms with Crippen LogP contribution in [0.4, 0.5) is 4.79 Å². The second-order valence-electron chi connectivity index (χ2n) is 5.07. The van der Waals surface area contributed by atoms with Gasteiger partial charge in [-0.05, 0) is 23.1 Å². The van der Waals surface area contributed by atoms with Gasteiger partial charge in [0.25, 0.3) is 0 Å². The van der Waals surface area contributed by atoms with Crippen molar-refractivity contribution in [3.05, 3.63) is 71.3 Å². The van der Waals surface area contributed by atoms with Crippen molar-refractivity contribution in [1.29, 1.82) is 0 Å². The molecule has 0 radical (unpaired) electrons. The molecule has 0 bridgehead atoms. The Morgan fingerprint density at radius 2 is 1.70 bits per heavy atom. The summed E-state index contributed by atoms with van der Waals surface area (Å²) in [5.74, 6) is -1.13. The van der Waals surface area contributed by atoms with Crippen LogP contribution in [0, 0.1) is 0 Å². The molecule has 0 heterocycles. The molecule has 0 aliphatic rings. The molecule has 1 atom stereocenters. The lowest BCUT2D eigenvalue weighted by molar-refractivity contribution is -0.139. The highest BCUT2D eigenvalue weighted by atomic mass is 16.5. The molecule has 23 heavy (non-hydrogen) atoms. The standard InChI is InChI=1S/C18H19NO4/c1-2-13-8-10-15(11-9-13)16(17(20)21)19-18(22)23-12-14-6-4-3-5-7-14/h3-11,16H,2,12H2,1H3,(H,19,22)(H,20,21). The summed E-state index contributed by atoms with van der Waals surface area (Å²) >= 11 is 0. The molecule has 2 N–H and O–H groups in total. The topological polar surface area (TPSA) is 75.6 Å². The summed E-state index contributed by atoms with van der Waals surface area (Å²) in [6.45, 7) is 2.11. The SMILES string of the molecule is CCc1ccc(C(NC(=O)OCc2ccccc2)C(=O)O)cc1. The third-order valence-corrected chi connectivity index (χ3v) is 3.44. The molecule has 120 valence electrons. The highest BCUT2D eigenvalue weighted by Crippen LogP contribution is 2.15. The predicted molar refractivity (Wildman–Crippen MR) is 86.0 cm³/mol. The highest BCUT2D eigenvalue weighted by molar-refractivity contribution is 5.81. The van der Waals surface area contributed by atoms with E-state index in [1.54, 1.807) is 12.1 Å². The molecule has 0 saturated heterocycles. The number of amides is 1. The second-order valence-corrected chi connectivity index (χ2v) is 5.07. The van der Waals surface area contributed by atoms with Crippen molar-refractivity contribution >= 4 is 12.1 Å². The van der Waals surface area contributed by atoms with Gasteiger partial charge in [0.05, 0.1) is 0 Å². The Kier molecular flexibility index (Phi) is 5.74. The molecule has 0 spiro atoms. The van der Waals surface area contributed by atoms with Gasteiger partial charge in [-0.2, -0.15) is 0 Å². The lowest BCUT2D eigenvalue weighted by Crippen LogP contribution is -2.34. The maximum absolute atomic E-state index is 11.8. The summed E-state index contributed by atoms with van der Waals surface area (Å²) in [5, 5.41) is 11.7. The van der Waals surface area contributed by atoms with Gasteiger partial charge < -0.3 is 15.2 Å². The molecular weight excluding hydrogens is 294 g/mol. The monoisotopic (exact) mass is 313 g/mol. The number of benzene rings is 2. The molecular formula is C18H19NO4. The zero-order chi connectivity index (χ0) is 16.7. The predicted octanol–water partition coefficient (Wildman–Crippen LogP) is 3.30. The van der Waals surface area contributed by atoms with E-state index in [-0.39, 0.29) is 6.61 Å². The number of carboxylic acids is 1. The maximum atomic E-state index is 11.8. The van der Waals surface area contributed by atoms with Gasteiger partial charge >= 0.3 is 12.1 Å². The van der Waals surface area contributed by atoms with Crippen LogP contribution in [0.25, 0.3) is 0 Å². The van der Waals surface area contributed by atoms with Crippen LogP contribution in [0.1, 0.15) is 29.7 Å². The number of aliphatic carboxylic acids is 1. The number of alkyl carbamates (subject to hydrolysis) is 1. The number of carbonyl (C=O) groups is 2. The Bertz CT molecular complexity index is 652. The van der Waals surface area contributed by atoms with Gasteiger partial charge in [0.1, 0.15) is 6.61 Å². The van der Waals surface area contributed by atoms with Crippen molar-refractivity contribution in [2.75, 3.05) is 0 Å². The first-order chi connectivity index (χ1) is 11.1. The van der Waals surface area contributed by atoms with Crippen LogP contribution in [0.2, 0.25) is 0 Å². The van der Waals surface area contributed by atoms with Crippen LogP contribution in [-0.4, -0.2) is 17.2 Å². The van der Waals surface area contributed by atoms with E-state index in [1.165, 1.54) is 0 Å². The summed E-state index contributed by atoms with van der Waals surface area (Å²) < 4.78 is 5.06. The number of hydrogen-bond acceptors (Lipinski definition) is 3. The third kappa shape index (κ3) is 4.85. The minimum atomic E-state index is -1.14. The van der Waals surface area contributed by atoms with Gasteiger partial charge in [0.2, 0.25) is 0 Å². The number of hydrogen-bond donors (Lipinski definition) is 2. The quantitative estimate of drug-likeness (QED) is 0.858. The van der Waals surface area contributed by atoms with Crippen LogP contribution >= 0.6 is 0 Å². The highest BCUT2D eigenvalue weighted by Gasteiger charge is 2.22. The van der Waals surface area contributed by atoms with Gasteiger partial charge in [-0.1, -0.05) is 61.5 Å².